The largest absolute Gasteiger partial charge is 0.393 e. The Balaban J connectivity index is 0.000000868. The average Bonchev–Trinajstić information content (AvgIpc) is 3.01. The number of aliphatic hydroxyl groups is 2. The van der Waals surface area contributed by atoms with E-state index in [0.29, 0.717) is 12.3 Å². The molecule has 1 aromatic heterocycles. The van der Waals surface area contributed by atoms with Crippen molar-refractivity contribution in [2.24, 2.45) is 17.3 Å². The molecule has 1 saturated carbocycles. The molecule has 5 atom stereocenters. The van der Waals surface area contributed by atoms with Gasteiger partial charge in [-0.2, -0.15) is 0 Å². The smallest absolute Gasteiger partial charge is 0.251 e. The summed E-state index contributed by atoms with van der Waals surface area (Å²) < 4.78 is 0. The predicted molar refractivity (Wildman–Crippen MR) is 135 cm³/mol. The summed E-state index contributed by atoms with van der Waals surface area (Å²) in [5.41, 5.74) is 5.65. The fraction of sp³-hybridized carbons (Fsp3) is 0.571. The lowest BCUT2D eigenvalue weighted by Gasteiger charge is -2.43. The van der Waals surface area contributed by atoms with Crippen LogP contribution in [0.3, 0.4) is 0 Å². The maximum Gasteiger partial charge on any atom is 0.251 e. The zero-order chi connectivity index (χ0) is 24.5. The lowest BCUT2D eigenvalue weighted by Crippen LogP contribution is -2.40. The predicted octanol–water partition coefficient (Wildman–Crippen LogP) is 4.06. The van der Waals surface area contributed by atoms with Gasteiger partial charge in [0.2, 0.25) is 0 Å². The first kappa shape index (κ1) is 24.8. The van der Waals surface area contributed by atoms with Gasteiger partial charge >= 0.3 is 0 Å². The summed E-state index contributed by atoms with van der Waals surface area (Å²) in [5.74, 6) is 0.683. The van der Waals surface area contributed by atoms with Crippen molar-refractivity contribution in [3.8, 4) is 0 Å². The van der Waals surface area contributed by atoms with Crippen LogP contribution >= 0.6 is 0 Å². The number of aromatic nitrogens is 1. The summed E-state index contributed by atoms with van der Waals surface area (Å²) in [6.07, 6.45) is 11.3. The van der Waals surface area contributed by atoms with Crippen LogP contribution in [0.4, 0.5) is 5.69 Å². The van der Waals surface area contributed by atoms with Crippen molar-refractivity contribution >= 4 is 11.6 Å². The number of hydrogen-bond donors (Lipinski definition) is 4. The van der Waals surface area contributed by atoms with E-state index in [1.165, 1.54) is 11.1 Å². The third-order valence-electron chi connectivity index (χ3n) is 8.16. The van der Waals surface area contributed by atoms with Gasteiger partial charge in [0, 0.05) is 17.2 Å². The van der Waals surface area contributed by atoms with Gasteiger partial charge in [0.1, 0.15) is 0 Å². The van der Waals surface area contributed by atoms with Crippen molar-refractivity contribution in [2.45, 2.75) is 71.0 Å². The molecule has 0 aliphatic heterocycles. The van der Waals surface area contributed by atoms with E-state index in [-0.39, 0.29) is 23.3 Å². The van der Waals surface area contributed by atoms with Crippen LogP contribution in [0.2, 0.25) is 0 Å². The molecule has 5 rings (SSSR count). The third kappa shape index (κ3) is 4.64. The van der Waals surface area contributed by atoms with Crippen LogP contribution in [-0.4, -0.2) is 47.4 Å². The first-order valence-electron chi connectivity index (χ1n) is 12.6. The minimum Gasteiger partial charge on any atom is -0.393 e. The van der Waals surface area contributed by atoms with E-state index in [9.17, 15) is 15.0 Å². The number of fused-ring (bicyclic) bond motifs is 3. The zero-order valence-corrected chi connectivity index (χ0v) is 20.9. The van der Waals surface area contributed by atoms with Crippen LogP contribution in [0, 0.1) is 24.2 Å². The number of carbonyl (C=O) groups is 1. The Kier molecular flexibility index (Phi) is 7.41. The Morgan fingerprint density at radius 3 is 2.71 bits per heavy atom. The van der Waals surface area contributed by atoms with Gasteiger partial charge in [0.25, 0.3) is 5.91 Å². The molecular formula is C28H39N3O3. The molecule has 0 aromatic carbocycles. The summed E-state index contributed by atoms with van der Waals surface area (Å²) in [6.45, 7) is 4.04. The van der Waals surface area contributed by atoms with E-state index in [0.717, 1.165) is 61.1 Å². The third-order valence-corrected chi connectivity index (χ3v) is 8.16. The van der Waals surface area contributed by atoms with Gasteiger partial charge in [-0.3, -0.25) is 9.78 Å². The van der Waals surface area contributed by atoms with Crippen molar-refractivity contribution in [3.05, 3.63) is 58.5 Å². The standard InChI is InChI=1S/C26H32N2O3.C2H7N/c1-15-23(4-3-11-27-15)28-25(31)22-10-9-21-19-8-6-16-5-7-18(29)12-17(16)13-20(19)24(30)14-26(21,22)2;1-3-2/h3-4,10-11,13,16,18,21,24,29-30H,5-9,12,14H2,1-2H3,(H,28,31);3H,1-2H3. The monoisotopic (exact) mass is 465 g/mol. The number of anilines is 1. The molecule has 1 heterocycles. The van der Waals surface area contributed by atoms with Gasteiger partial charge in [0.15, 0.2) is 0 Å². The summed E-state index contributed by atoms with van der Waals surface area (Å²) in [5, 5.41) is 27.1. The Bertz CT molecular complexity index is 1030. The fourth-order valence-electron chi connectivity index (χ4n) is 6.44. The zero-order valence-electron chi connectivity index (χ0n) is 20.9. The fourth-order valence-corrected chi connectivity index (χ4v) is 6.44. The molecule has 4 aliphatic rings. The van der Waals surface area contributed by atoms with Crippen molar-refractivity contribution < 1.29 is 15.0 Å². The minimum atomic E-state index is -0.573. The van der Waals surface area contributed by atoms with Gasteiger partial charge in [-0.15, -0.1) is 0 Å². The Morgan fingerprint density at radius 2 is 1.97 bits per heavy atom. The molecule has 34 heavy (non-hydrogen) atoms. The topological polar surface area (TPSA) is 94.5 Å². The highest BCUT2D eigenvalue weighted by atomic mass is 16.3. The molecule has 1 fully saturated rings. The number of rotatable bonds is 2. The molecule has 1 aromatic rings. The average molecular weight is 466 g/mol. The number of allylic oxidation sites excluding steroid dienone is 2. The number of aliphatic hydroxyl groups excluding tert-OH is 2. The second-order valence-corrected chi connectivity index (χ2v) is 10.5. The van der Waals surface area contributed by atoms with Crippen LogP contribution in [0.5, 0.6) is 0 Å². The summed E-state index contributed by atoms with van der Waals surface area (Å²) in [7, 11) is 3.75. The lowest BCUT2D eigenvalue weighted by molar-refractivity contribution is -0.114. The number of nitrogens with zero attached hydrogens (tertiary/aromatic N) is 1. The van der Waals surface area contributed by atoms with E-state index in [1.54, 1.807) is 6.20 Å². The van der Waals surface area contributed by atoms with Gasteiger partial charge in [-0.25, -0.2) is 0 Å². The normalized spacial score (nSPS) is 32.2. The molecule has 6 nitrogen and oxygen atoms in total. The molecule has 4 N–H and O–H groups in total. The molecular weight excluding hydrogens is 426 g/mol. The van der Waals surface area contributed by atoms with Gasteiger partial charge in [0.05, 0.1) is 23.6 Å². The first-order valence-corrected chi connectivity index (χ1v) is 12.6. The highest BCUT2D eigenvalue weighted by Crippen LogP contribution is 2.57. The van der Waals surface area contributed by atoms with Crippen molar-refractivity contribution in [1.82, 2.24) is 10.3 Å². The Labute approximate surface area is 203 Å². The maximum atomic E-state index is 13.3. The summed E-state index contributed by atoms with van der Waals surface area (Å²) >= 11 is 0. The quantitative estimate of drug-likeness (QED) is 0.528. The van der Waals surface area contributed by atoms with Gasteiger partial charge in [-0.05, 0) is 95.5 Å². The van der Waals surface area contributed by atoms with E-state index in [1.807, 2.05) is 33.2 Å². The number of nitrogens with one attached hydrogen (secondary N) is 2. The number of pyridine rings is 1. The Morgan fingerprint density at radius 1 is 1.21 bits per heavy atom. The second kappa shape index (κ2) is 10.1. The van der Waals surface area contributed by atoms with Crippen LogP contribution < -0.4 is 10.6 Å². The molecule has 0 radical (unpaired) electrons. The van der Waals surface area contributed by atoms with Crippen molar-refractivity contribution in [1.29, 1.82) is 0 Å². The number of amides is 1. The molecule has 0 spiro atoms. The van der Waals surface area contributed by atoms with Crippen LogP contribution in [0.25, 0.3) is 0 Å². The highest BCUT2D eigenvalue weighted by Gasteiger charge is 2.51. The SMILES string of the molecule is CNC.Cc1ncccc1NC(=O)C1=CCC2C3=C(C=C4CC(O)CCC4CC3)C(O)CC12C. The minimum absolute atomic E-state index is 0.0823. The van der Waals surface area contributed by atoms with Gasteiger partial charge in [-0.1, -0.05) is 30.2 Å². The van der Waals surface area contributed by atoms with E-state index < -0.39 is 6.10 Å². The summed E-state index contributed by atoms with van der Waals surface area (Å²) in [6, 6.07) is 3.70. The molecule has 4 aliphatic carbocycles. The second-order valence-electron chi connectivity index (χ2n) is 10.5. The van der Waals surface area contributed by atoms with Crippen LogP contribution in [-0.2, 0) is 4.79 Å². The molecule has 0 bridgehead atoms. The first-order chi connectivity index (χ1) is 16.3. The number of hydrogen-bond acceptors (Lipinski definition) is 5. The van der Waals surface area contributed by atoms with Crippen LogP contribution in [0.1, 0.15) is 57.6 Å². The molecule has 0 saturated heterocycles. The van der Waals surface area contributed by atoms with E-state index in [2.05, 4.69) is 34.7 Å². The molecule has 184 valence electrons. The maximum absolute atomic E-state index is 13.3. The lowest BCUT2D eigenvalue weighted by atomic mass is 9.62. The molecule has 6 heteroatoms. The summed E-state index contributed by atoms with van der Waals surface area (Å²) in [4.78, 5) is 17.5. The highest BCUT2D eigenvalue weighted by molar-refractivity contribution is 6.05. The Hall–Kier alpha value is -2.28. The number of aryl methyl sites for hydroxylation is 1. The molecule has 1 amide bonds. The van der Waals surface area contributed by atoms with E-state index >= 15 is 0 Å². The van der Waals surface area contributed by atoms with Crippen molar-refractivity contribution in [2.75, 3.05) is 19.4 Å². The van der Waals surface area contributed by atoms with E-state index in [4.69, 9.17) is 0 Å². The van der Waals surface area contributed by atoms with Crippen LogP contribution in [0.15, 0.2) is 52.8 Å². The van der Waals surface area contributed by atoms with Crippen molar-refractivity contribution in [3.63, 3.8) is 0 Å². The van der Waals surface area contributed by atoms with Gasteiger partial charge < -0.3 is 20.8 Å². The number of carbonyl (C=O) groups excluding carboxylic acids is 1. The molecule has 5 unspecified atom stereocenters.